The average Bonchev–Trinajstić information content (AvgIpc) is 3.48. The highest BCUT2D eigenvalue weighted by molar-refractivity contribution is 7.92. The number of aliphatic carboxylic acids is 1. The standard InChI is InChI=1S/C31H35NO7S/c33-27(19-21-39-30-14-5-4-9-25(30)16-18-31(34)35)17-15-24-8-6-10-26(22-24)32(23-28-11-7-20-38-28)40(36,37)29-12-2-1-3-13-29/h1-6,8-10,12-15,17,22,27-28,33H,7,11,16,18-21,23H2,(H,34,35)/b17-15+/t27-,28?/m0/s1. The quantitative estimate of drug-likeness (QED) is 0.285. The number of para-hydroxylation sites is 1. The van der Waals surface area contributed by atoms with Gasteiger partial charge >= 0.3 is 5.97 Å². The monoisotopic (exact) mass is 565 g/mol. The van der Waals surface area contributed by atoms with Crippen LogP contribution >= 0.6 is 0 Å². The number of aliphatic hydroxyl groups is 1. The van der Waals surface area contributed by atoms with E-state index < -0.39 is 22.1 Å². The molecule has 9 heteroatoms. The predicted octanol–water partition coefficient (Wildman–Crippen LogP) is 4.92. The van der Waals surface area contributed by atoms with Crippen LogP contribution in [-0.2, 0) is 26.0 Å². The van der Waals surface area contributed by atoms with E-state index in [4.69, 9.17) is 14.6 Å². The van der Waals surface area contributed by atoms with E-state index in [1.54, 1.807) is 66.7 Å². The summed E-state index contributed by atoms with van der Waals surface area (Å²) >= 11 is 0. The molecule has 3 aromatic rings. The van der Waals surface area contributed by atoms with Gasteiger partial charge in [0.2, 0.25) is 0 Å². The van der Waals surface area contributed by atoms with E-state index in [-0.39, 0.29) is 30.6 Å². The molecule has 1 aliphatic heterocycles. The van der Waals surface area contributed by atoms with Crippen LogP contribution in [-0.4, -0.2) is 56.6 Å². The Labute approximate surface area is 235 Å². The van der Waals surface area contributed by atoms with Crippen molar-refractivity contribution in [2.24, 2.45) is 0 Å². The second kappa shape index (κ2) is 14.1. The molecule has 1 heterocycles. The summed E-state index contributed by atoms with van der Waals surface area (Å²) in [5.41, 5.74) is 2.08. The SMILES string of the molecule is O=C(O)CCc1ccccc1OCC[C@@H](O)/C=C/c1cccc(N(CC2CCCO2)S(=O)(=O)c2ccccc2)c1. The fourth-order valence-electron chi connectivity index (χ4n) is 4.52. The Bertz CT molecular complexity index is 1390. The molecule has 212 valence electrons. The van der Waals surface area contributed by atoms with Gasteiger partial charge in [0, 0.05) is 19.4 Å². The molecule has 2 atom stereocenters. The van der Waals surface area contributed by atoms with Gasteiger partial charge in [0.05, 0.1) is 35.9 Å². The Kier molecular flexibility index (Phi) is 10.3. The summed E-state index contributed by atoms with van der Waals surface area (Å²) in [6, 6.07) is 22.8. The number of carbonyl (C=O) groups is 1. The van der Waals surface area contributed by atoms with Gasteiger partial charge in [-0.1, -0.05) is 60.7 Å². The predicted molar refractivity (Wildman–Crippen MR) is 154 cm³/mol. The summed E-state index contributed by atoms with van der Waals surface area (Å²) in [6.07, 6.45) is 4.87. The molecular formula is C31H35NO7S. The number of sulfonamides is 1. The summed E-state index contributed by atoms with van der Waals surface area (Å²) < 4.78 is 40.2. The van der Waals surface area contributed by atoms with Crippen molar-refractivity contribution in [3.8, 4) is 5.75 Å². The van der Waals surface area contributed by atoms with Crippen LogP contribution < -0.4 is 9.04 Å². The van der Waals surface area contributed by atoms with Crippen LogP contribution in [0.15, 0.2) is 89.8 Å². The molecule has 0 saturated carbocycles. The van der Waals surface area contributed by atoms with Gasteiger partial charge in [-0.3, -0.25) is 9.10 Å². The van der Waals surface area contributed by atoms with Gasteiger partial charge < -0.3 is 19.7 Å². The van der Waals surface area contributed by atoms with Crippen LogP contribution in [0.2, 0.25) is 0 Å². The number of nitrogens with zero attached hydrogens (tertiary/aromatic N) is 1. The number of ether oxygens (including phenoxy) is 2. The average molecular weight is 566 g/mol. The Morgan fingerprint density at radius 1 is 1.07 bits per heavy atom. The van der Waals surface area contributed by atoms with Crippen LogP contribution in [0.5, 0.6) is 5.75 Å². The van der Waals surface area contributed by atoms with Crippen molar-refractivity contribution < 1.29 is 32.9 Å². The molecule has 1 fully saturated rings. The smallest absolute Gasteiger partial charge is 0.303 e. The van der Waals surface area contributed by atoms with Crippen molar-refractivity contribution in [1.82, 2.24) is 0 Å². The molecule has 4 rings (SSSR count). The molecule has 0 amide bonds. The Morgan fingerprint density at radius 2 is 1.85 bits per heavy atom. The molecule has 0 spiro atoms. The molecular weight excluding hydrogens is 530 g/mol. The lowest BCUT2D eigenvalue weighted by molar-refractivity contribution is -0.136. The maximum atomic E-state index is 13.6. The number of aryl methyl sites for hydroxylation is 1. The molecule has 1 aliphatic rings. The summed E-state index contributed by atoms with van der Waals surface area (Å²) in [5.74, 6) is -0.259. The van der Waals surface area contributed by atoms with Gasteiger partial charge in [0.15, 0.2) is 0 Å². The molecule has 0 bridgehead atoms. The Balaban J connectivity index is 1.42. The molecule has 1 unspecified atom stereocenters. The van der Waals surface area contributed by atoms with Gasteiger partial charge in [-0.2, -0.15) is 0 Å². The topological polar surface area (TPSA) is 113 Å². The van der Waals surface area contributed by atoms with Crippen molar-refractivity contribution in [2.75, 3.05) is 24.1 Å². The maximum Gasteiger partial charge on any atom is 0.303 e. The molecule has 8 nitrogen and oxygen atoms in total. The first-order valence-electron chi connectivity index (χ1n) is 13.4. The molecule has 0 aromatic heterocycles. The lowest BCUT2D eigenvalue weighted by atomic mass is 10.1. The number of carboxylic acids is 1. The van der Waals surface area contributed by atoms with E-state index in [1.165, 1.54) is 4.31 Å². The molecule has 2 N–H and O–H groups in total. The lowest BCUT2D eigenvalue weighted by Crippen LogP contribution is -2.37. The summed E-state index contributed by atoms with van der Waals surface area (Å²) in [5, 5.41) is 19.5. The van der Waals surface area contributed by atoms with E-state index >= 15 is 0 Å². The minimum Gasteiger partial charge on any atom is -0.493 e. The van der Waals surface area contributed by atoms with E-state index in [9.17, 15) is 18.3 Å². The zero-order valence-corrected chi connectivity index (χ0v) is 23.1. The number of rotatable bonds is 14. The largest absolute Gasteiger partial charge is 0.493 e. The molecule has 0 aliphatic carbocycles. The molecule has 1 saturated heterocycles. The van der Waals surface area contributed by atoms with Crippen LogP contribution in [0, 0.1) is 0 Å². The van der Waals surface area contributed by atoms with Gasteiger partial charge in [-0.25, -0.2) is 8.42 Å². The zero-order valence-electron chi connectivity index (χ0n) is 22.3. The van der Waals surface area contributed by atoms with Crippen LogP contribution in [0.25, 0.3) is 6.08 Å². The van der Waals surface area contributed by atoms with E-state index in [0.717, 1.165) is 24.0 Å². The van der Waals surface area contributed by atoms with Crippen molar-refractivity contribution >= 4 is 27.8 Å². The van der Waals surface area contributed by atoms with Gasteiger partial charge in [-0.05, 0) is 60.7 Å². The number of carboxylic acid groups (broad SMARTS) is 1. The second-order valence-corrected chi connectivity index (χ2v) is 11.5. The highest BCUT2D eigenvalue weighted by Gasteiger charge is 2.29. The fraction of sp³-hybridized carbons (Fsp3) is 0.323. The number of hydrogen-bond acceptors (Lipinski definition) is 6. The first-order valence-corrected chi connectivity index (χ1v) is 14.8. The number of anilines is 1. The maximum absolute atomic E-state index is 13.6. The van der Waals surface area contributed by atoms with Crippen molar-refractivity contribution in [2.45, 2.75) is 49.2 Å². The second-order valence-electron chi connectivity index (χ2n) is 9.64. The highest BCUT2D eigenvalue weighted by Crippen LogP contribution is 2.28. The van der Waals surface area contributed by atoms with E-state index in [2.05, 4.69) is 0 Å². The summed E-state index contributed by atoms with van der Waals surface area (Å²) in [7, 11) is -3.81. The van der Waals surface area contributed by atoms with E-state index in [0.29, 0.717) is 30.9 Å². The van der Waals surface area contributed by atoms with Gasteiger partial charge in [0.25, 0.3) is 10.0 Å². The molecule has 0 radical (unpaired) electrons. The number of benzene rings is 3. The molecule has 40 heavy (non-hydrogen) atoms. The third-order valence-corrected chi connectivity index (χ3v) is 8.45. The lowest BCUT2D eigenvalue weighted by Gasteiger charge is -2.27. The molecule has 3 aromatic carbocycles. The van der Waals surface area contributed by atoms with Crippen LogP contribution in [0.4, 0.5) is 5.69 Å². The third-order valence-electron chi connectivity index (χ3n) is 6.65. The first-order chi connectivity index (χ1) is 19.3. The number of hydrogen-bond donors (Lipinski definition) is 2. The van der Waals surface area contributed by atoms with Crippen LogP contribution in [0.3, 0.4) is 0 Å². The summed E-state index contributed by atoms with van der Waals surface area (Å²) in [6.45, 7) is 1.10. The van der Waals surface area contributed by atoms with Gasteiger partial charge in [0.1, 0.15) is 5.75 Å². The zero-order chi connectivity index (χ0) is 28.4. The minimum atomic E-state index is -3.81. The van der Waals surface area contributed by atoms with E-state index in [1.807, 2.05) is 24.3 Å². The third kappa shape index (κ3) is 8.17. The van der Waals surface area contributed by atoms with Crippen molar-refractivity contribution in [3.05, 3.63) is 96.1 Å². The van der Waals surface area contributed by atoms with Crippen molar-refractivity contribution in [1.29, 1.82) is 0 Å². The highest BCUT2D eigenvalue weighted by atomic mass is 32.2. The Morgan fingerprint density at radius 3 is 2.60 bits per heavy atom. The number of aliphatic hydroxyl groups excluding tert-OH is 1. The first kappa shape index (κ1) is 29.3. The van der Waals surface area contributed by atoms with Crippen LogP contribution in [0.1, 0.15) is 36.8 Å². The fourth-order valence-corrected chi connectivity index (χ4v) is 6.03. The van der Waals surface area contributed by atoms with Gasteiger partial charge in [-0.15, -0.1) is 0 Å². The Hall–Kier alpha value is -3.66. The normalized spacial score (nSPS) is 16.2. The minimum absolute atomic E-state index is 0.0164. The summed E-state index contributed by atoms with van der Waals surface area (Å²) in [4.78, 5) is 11.1. The van der Waals surface area contributed by atoms with Crippen molar-refractivity contribution in [3.63, 3.8) is 0 Å².